The van der Waals surface area contributed by atoms with E-state index in [1.54, 1.807) is 18.2 Å². The molecule has 0 spiro atoms. The molecule has 3 rings (SSSR count). The fourth-order valence-electron chi connectivity index (χ4n) is 3.84. The van der Waals surface area contributed by atoms with Gasteiger partial charge in [0.2, 0.25) is 0 Å². The van der Waals surface area contributed by atoms with Crippen molar-refractivity contribution in [1.82, 2.24) is 9.80 Å². The van der Waals surface area contributed by atoms with Crippen LogP contribution in [0.3, 0.4) is 0 Å². The molecule has 2 aromatic carbocycles. The first kappa shape index (κ1) is 22.2. The van der Waals surface area contributed by atoms with Gasteiger partial charge in [0.1, 0.15) is 11.5 Å². The number of hydrogen-bond donors (Lipinski definition) is 2. The Morgan fingerprint density at radius 1 is 0.903 bits per heavy atom. The Morgan fingerprint density at radius 2 is 1.52 bits per heavy atom. The van der Waals surface area contributed by atoms with E-state index in [0.29, 0.717) is 49.2 Å². The lowest BCUT2D eigenvalue weighted by Crippen LogP contribution is -2.53. The summed E-state index contributed by atoms with van der Waals surface area (Å²) in [5, 5.41) is 21.5. The van der Waals surface area contributed by atoms with Crippen molar-refractivity contribution in [1.29, 1.82) is 0 Å². The highest BCUT2D eigenvalue weighted by atomic mass is 16.3. The van der Waals surface area contributed by atoms with Gasteiger partial charge in [-0.3, -0.25) is 9.59 Å². The molecule has 2 aromatic rings. The molecule has 1 fully saturated rings. The monoisotopic (exact) mass is 420 g/mol. The summed E-state index contributed by atoms with van der Waals surface area (Å²) in [6.45, 7) is 10.8. The maximum atomic E-state index is 12.5. The Morgan fingerprint density at radius 3 is 2.19 bits per heavy atom. The minimum absolute atomic E-state index is 0.0166. The van der Waals surface area contributed by atoms with Crippen LogP contribution in [0, 0.1) is 0 Å². The van der Waals surface area contributed by atoms with Crippen molar-refractivity contribution in [2.75, 3.05) is 19.6 Å². The molecule has 0 unspecified atom stereocenters. The number of carbonyl (C=O) groups is 2. The second kappa shape index (κ2) is 9.51. The Kier molecular flexibility index (Phi) is 6.80. The van der Waals surface area contributed by atoms with Crippen LogP contribution in [-0.4, -0.2) is 51.5 Å². The first-order chi connectivity index (χ1) is 14.9. The van der Waals surface area contributed by atoms with Crippen molar-refractivity contribution in [3.05, 3.63) is 72.3 Å². The third-order valence-electron chi connectivity index (χ3n) is 5.50. The largest absolute Gasteiger partial charge is 0.507 e. The molecule has 1 saturated heterocycles. The van der Waals surface area contributed by atoms with E-state index < -0.39 is 11.8 Å². The lowest BCUT2D eigenvalue weighted by molar-refractivity contribution is -0.156. The van der Waals surface area contributed by atoms with E-state index in [2.05, 4.69) is 13.2 Å². The fraction of sp³-hybridized carbons (Fsp3) is 0.280. The van der Waals surface area contributed by atoms with Crippen LogP contribution in [-0.2, 0) is 29.0 Å². The minimum Gasteiger partial charge on any atom is -0.507 e. The Labute approximate surface area is 182 Å². The average Bonchev–Trinajstić information content (AvgIpc) is 2.75. The van der Waals surface area contributed by atoms with Crippen LogP contribution >= 0.6 is 0 Å². The number of phenols is 2. The van der Waals surface area contributed by atoms with Gasteiger partial charge in [0, 0.05) is 42.9 Å². The zero-order valence-electron chi connectivity index (χ0n) is 17.8. The maximum absolute atomic E-state index is 12.5. The minimum atomic E-state index is -0.570. The summed E-state index contributed by atoms with van der Waals surface area (Å²) >= 11 is 0. The summed E-state index contributed by atoms with van der Waals surface area (Å²) in [6, 6.07) is 8.86. The smallest absolute Gasteiger partial charge is 0.312 e. The summed E-state index contributed by atoms with van der Waals surface area (Å²) in [7, 11) is 0. The standard InChI is InChI=1S/C25H28N2O4/c1-4-7-17-9-10-22(28)20(14-17)21-15-18(8-5-2)13-19(23(21)29)16-27-12-11-26(6-3)24(30)25(27)31/h4-5,9-10,13-15,28-29H,1-2,6-8,11-12,16H2,3H3. The molecular formula is C25H28N2O4. The van der Waals surface area contributed by atoms with Gasteiger partial charge >= 0.3 is 11.8 Å². The highest BCUT2D eigenvalue weighted by Crippen LogP contribution is 2.39. The van der Waals surface area contributed by atoms with Gasteiger partial charge in [-0.15, -0.1) is 13.2 Å². The number of allylic oxidation sites excluding steroid dienone is 2. The number of hydrogen-bond acceptors (Lipinski definition) is 4. The molecule has 0 radical (unpaired) electrons. The second-order valence-electron chi connectivity index (χ2n) is 7.60. The number of nitrogens with zero attached hydrogens (tertiary/aromatic N) is 2. The summed E-state index contributed by atoms with van der Waals surface area (Å²) in [5.41, 5.74) is 3.34. The second-order valence-corrected chi connectivity index (χ2v) is 7.60. The normalized spacial score (nSPS) is 14.1. The van der Waals surface area contributed by atoms with Crippen molar-refractivity contribution >= 4 is 11.8 Å². The van der Waals surface area contributed by atoms with E-state index in [1.165, 1.54) is 9.80 Å². The summed E-state index contributed by atoms with van der Waals surface area (Å²) in [4.78, 5) is 27.8. The predicted molar refractivity (Wildman–Crippen MR) is 121 cm³/mol. The number of amides is 2. The van der Waals surface area contributed by atoms with Crippen LogP contribution in [0.4, 0.5) is 0 Å². The van der Waals surface area contributed by atoms with Gasteiger partial charge in [-0.2, -0.15) is 0 Å². The van der Waals surface area contributed by atoms with E-state index in [9.17, 15) is 19.8 Å². The molecule has 0 saturated carbocycles. The van der Waals surface area contributed by atoms with E-state index in [-0.39, 0.29) is 18.0 Å². The molecule has 1 heterocycles. The van der Waals surface area contributed by atoms with E-state index >= 15 is 0 Å². The van der Waals surface area contributed by atoms with Gasteiger partial charge in [-0.1, -0.05) is 18.2 Å². The van der Waals surface area contributed by atoms with Crippen molar-refractivity contribution in [2.45, 2.75) is 26.3 Å². The lowest BCUT2D eigenvalue weighted by atomic mass is 9.94. The molecular weight excluding hydrogens is 392 g/mol. The molecule has 2 N–H and O–H groups in total. The van der Waals surface area contributed by atoms with Crippen LogP contribution < -0.4 is 0 Å². The molecule has 6 heteroatoms. The van der Waals surface area contributed by atoms with Gasteiger partial charge in [-0.05, 0) is 55.2 Å². The number of piperazine rings is 1. The molecule has 1 aliphatic heterocycles. The first-order valence-electron chi connectivity index (χ1n) is 10.4. The predicted octanol–water partition coefficient (Wildman–Crippen LogP) is 3.41. The molecule has 0 aromatic heterocycles. The van der Waals surface area contributed by atoms with E-state index in [0.717, 1.165) is 11.1 Å². The molecule has 0 bridgehead atoms. The zero-order valence-corrected chi connectivity index (χ0v) is 17.8. The van der Waals surface area contributed by atoms with Crippen LogP contribution in [0.2, 0.25) is 0 Å². The number of rotatable bonds is 8. The van der Waals surface area contributed by atoms with Gasteiger partial charge in [-0.25, -0.2) is 0 Å². The molecule has 1 aliphatic rings. The van der Waals surface area contributed by atoms with Crippen LogP contribution in [0.5, 0.6) is 11.5 Å². The van der Waals surface area contributed by atoms with Gasteiger partial charge in [0.05, 0.1) is 0 Å². The summed E-state index contributed by atoms with van der Waals surface area (Å²) < 4.78 is 0. The highest BCUT2D eigenvalue weighted by Gasteiger charge is 2.32. The number of likely N-dealkylation sites (N-methyl/N-ethyl adjacent to an activating group) is 1. The number of phenolic OH excluding ortho intramolecular Hbond substituents is 2. The quantitative estimate of drug-likeness (QED) is 0.507. The third kappa shape index (κ3) is 4.63. The molecule has 162 valence electrons. The maximum Gasteiger partial charge on any atom is 0.312 e. The highest BCUT2D eigenvalue weighted by molar-refractivity contribution is 6.35. The van der Waals surface area contributed by atoms with E-state index in [4.69, 9.17) is 0 Å². The lowest BCUT2D eigenvalue weighted by Gasteiger charge is -2.33. The van der Waals surface area contributed by atoms with Crippen LogP contribution in [0.25, 0.3) is 11.1 Å². The average molecular weight is 421 g/mol. The molecule has 0 aliphatic carbocycles. The molecule has 31 heavy (non-hydrogen) atoms. The first-order valence-corrected chi connectivity index (χ1v) is 10.4. The van der Waals surface area contributed by atoms with E-state index in [1.807, 2.05) is 31.2 Å². The van der Waals surface area contributed by atoms with Gasteiger partial charge < -0.3 is 20.0 Å². The molecule has 6 nitrogen and oxygen atoms in total. The number of aromatic hydroxyl groups is 2. The topological polar surface area (TPSA) is 81.1 Å². The summed E-state index contributed by atoms with van der Waals surface area (Å²) in [5.74, 6) is -1.06. The number of benzene rings is 2. The Hall–Kier alpha value is -3.54. The third-order valence-corrected chi connectivity index (χ3v) is 5.50. The van der Waals surface area contributed by atoms with Crippen molar-refractivity contribution in [3.63, 3.8) is 0 Å². The number of carbonyl (C=O) groups excluding carboxylic acids is 2. The van der Waals surface area contributed by atoms with Crippen molar-refractivity contribution in [2.24, 2.45) is 0 Å². The Bertz CT molecular complexity index is 1030. The fourth-order valence-corrected chi connectivity index (χ4v) is 3.84. The van der Waals surface area contributed by atoms with Gasteiger partial charge in [0.15, 0.2) is 0 Å². The molecule has 2 amide bonds. The molecule has 0 atom stereocenters. The summed E-state index contributed by atoms with van der Waals surface area (Å²) in [6.07, 6.45) is 4.71. The van der Waals surface area contributed by atoms with Crippen molar-refractivity contribution in [3.8, 4) is 22.6 Å². The Balaban J connectivity index is 2.03. The van der Waals surface area contributed by atoms with Gasteiger partial charge in [0.25, 0.3) is 0 Å². The SMILES string of the molecule is C=CCc1ccc(O)c(-c2cc(CC=C)cc(CN3CCN(CC)C(=O)C3=O)c2O)c1. The van der Waals surface area contributed by atoms with Crippen LogP contribution in [0.1, 0.15) is 23.6 Å². The van der Waals surface area contributed by atoms with Crippen molar-refractivity contribution < 1.29 is 19.8 Å². The zero-order chi connectivity index (χ0) is 22.5. The van der Waals surface area contributed by atoms with Crippen LogP contribution in [0.15, 0.2) is 55.6 Å².